The van der Waals surface area contributed by atoms with E-state index in [2.05, 4.69) is 12.2 Å². The first-order valence-electron chi connectivity index (χ1n) is 5.68. The van der Waals surface area contributed by atoms with Gasteiger partial charge in [0, 0.05) is 27.4 Å². The van der Waals surface area contributed by atoms with Gasteiger partial charge in [-0.2, -0.15) is 0 Å². The van der Waals surface area contributed by atoms with Crippen LogP contribution in [0.5, 0.6) is 0 Å². The van der Waals surface area contributed by atoms with Crippen molar-refractivity contribution in [2.75, 3.05) is 27.9 Å². The van der Waals surface area contributed by atoms with Crippen LogP contribution in [0, 0.1) is 0 Å². The van der Waals surface area contributed by atoms with Gasteiger partial charge in [-0.05, 0) is 19.3 Å². The largest absolute Gasteiger partial charge is 0.502 e. The van der Waals surface area contributed by atoms with Crippen molar-refractivity contribution in [1.29, 1.82) is 0 Å². The summed E-state index contributed by atoms with van der Waals surface area (Å²) in [6.07, 6.45) is 7.98. The van der Waals surface area contributed by atoms with Crippen molar-refractivity contribution in [1.82, 2.24) is 0 Å². The summed E-state index contributed by atoms with van der Waals surface area (Å²) in [5.41, 5.74) is 0. The fraction of sp³-hybridized carbons (Fsp3) is 0.818. The van der Waals surface area contributed by atoms with Gasteiger partial charge in [-0.3, -0.25) is 0 Å². The number of rotatable bonds is 7. The minimum atomic E-state index is -2.44. The second-order valence-electron chi connectivity index (χ2n) is 3.82. The second-order valence-corrected chi connectivity index (χ2v) is 6.91. The highest BCUT2D eigenvalue weighted by molar-refractivity contribution is 6.60. The molecule has 16 heavy (non-hydrogen) atoms. The lowest BCUT2D eigenvalue weighted by molar-refractivity contribution is 0.0426. The van der Waals surface area contributed by atoms with Crippen LogP contribution < -0.4 is 0 Å². The molecule has 4 nitrogen and oxygen atoms in total. The van der Waals surface area contributed by atoms with Crippen LogP contribution >= 0.6 is 0 Å². The van der Waals surface area contributed by atoms with Crippen LogP contribution in [-0.2, 0) is 18.0 Å². The monoisotopic (exact) mass is 246 g/mol. The predicted molar refractivity (Wildman–Crippen MR) is 64.3 cm³/mol. The van der Waals surface area contributed by atoms with E-state index in [9.17, 15) is 0 Å². The molecular weight excluding hydrogens is 224 g/mol. The molecule has 1 aliphatic rings. The van der Waals surface area contributed by atoms with Gasteiger partial charge < -0.3 is 18.0 Å². The summed E-state index contributed by atoms with van der Waals surface area (Å²) in [4.78, 5) is 0. The summed E-state index contributed by atoms with van der Waals surface area (Å²) in [6, 6.07) is 0.705. The molecule has 0 N–H and O–H groups in total. The van der Waals surface area contributed by atoms with Crippen LogP contribution in [0.1, 0.15) is 19.3 Å². The summed E-state index contributed by atoms with van der Waals surface area (Å²) in [5, 5.41) is 0. The van der Waals surface area contributed by atoms with Gasteiger partial charge in [0.25, 0.3) is 0 Å². The Morgan fingerprint density at radius 3 is 2.31 bits per heavy atom. The van der Waals surface area contributed by atoms with Crippen LogP contribution in [0.25, 0.3) is 0 Å². The molecule has 1 unspecified atom stereocenters. The first-order chi connectivity index (χ1) is 7.76. The van der Waals surface area contributed by atoms with E-state index in [0.29, 0.717) is 18.8 Å². The second kappa shape index (κ2) is 7.19. The van der Waals surface area contributed by atoms with Gasteiger partial charge in [0.1, 0.15) is 0 Å². The summed E-state index contributed by atoms with van der Waals surface area (Å²) in [5.74, 6) is 0. The maximum atomic E-state index is 5.79. The Morgan fingerprint density at radius 1 is 1.12 bits per heavy atom. The normalized spacial score (nSPS) is 21.3. The van der Waals surface area contributed by atoms with Crippen LogP contribution in [-0.4, -0.2) is 42.8 Å². The standard InChI is InChI=1S/C11H22O4Si/c1-12-16(13-2,14-3)10-9-15-11-7-5-4-6-8-11/h4-5,11H,6-10H2,1-3H3. The van der Waals surface area contributed by atoms with Crippen molar-refractivity contribution in [2.24, 2.45) is 0 Å². The summed E-state index contributed by atoms with van der Waals surface area (Å²) >= 11 is 0. The third-order valence-corrected chi connectivity index (χ3v) is 5.60. The first kappa shape index (κ1) is 13.9. The Morgan fingerprint density at radius 2 is 1.81 bits per heavy atom. The lowest BCUT2D eigenvalue weighted by atomic mass is 10.1. The molecular formula is C11H22O4Si. The fourth-order valence-corrected chi connectivity index (χ4v) is 3.30. The maximum absolute atomic E-state index is 5.79. The molecule has 1 rings (SSSR count). The minimum Gasteiger partial charge on any atom is -0.378 e. The summed E-state index contributed by atoms with van der Waals surface area (Å²) < 4.78 is 21.8. The summed E-state index contributed by atoms with van der Waals surface area (Å²) in [6.45, 7) is 0.639. The zero-order valence-corrected chi connectivity index (χ0v) is 11.4. The molecule has 0 aromatic heterocycles. The topological polar surface area (TPSA) is 36.9 Å². The van der Waals surface area contributed by atoms with Crippen molar-refractivity contribution >= 4 is 8.80 Å². The van der Waals surface area contributed by atoms with Gasteiger partial charge in [0.05, 0.1) is 12.7 Å². The van der Waals surface area contributed by atoms with Crippen LogP contribution in [0.2, 0.25) is 6.04 Å². The van der Waals surface area contributed by atoms with E-state index in [1.807, 2.05) is 0 Å². The molecule has 0 heterocycles. The predicted octanol–water partition coefficient (Wildman–Crippen LogP) is 1.99. The van der Waals surface area contributed by atoms with Gasteiger partial charge in [-0.1, -0.05) is 12.2 Å². The molecule has 0 saturated carbocycles. The zero-order valence-electron chi connectivity index (χ0n) is 10.4. The van der Waals surface area contributed by atoms with E-state index < -0.39 is 8.80 Å². The van der Waals surface area contributed by atoms with E-state index in [0.717, 1.165) is 19.3 Å². The number of allylic oxidation sites excluding steroid dienone is 1. The molecule has 1 aliphatic carbocycles. The molecule has 0 spiro atoms. The Labute approximate surface area is 98.9 Å². The molecule has 1 atom stereocenters. The lowest BCUT2D eigenvalue weighted by Gasteiger charge is -2.25. The maximum Gasteiger partial charge on any atom is 0.502 e. The van der Waals surface area contributed by atoms with E-state index in [-0.39, 0.29) is 0 Å². The number of ether oxygens (including phenoxy) is 1. The molecule has 94 valence electrons. The Bertz CT molecular complexity index is 208. The third-order valence-electron chi connectivity index (χ3n) is 2.92. The quantitative estimate of drug-likeness (QED) is 0.508. The van der Waals surface area contributed by atoms with Gasteiger partial charge in [-0.25, -0.2) is 0 Å². The Kier molecular flexibility index (Phi) is 6.23. The van der Waals surface area contributed by atoms with Gasteiger partial charge in [0.2, 0.25) is 0 Å². The van der Waals surface area contributed by atoms with E-state index >= 15 is 0 Å². The van der Waals surface area contributed by atoms with Crippen LogP contribution in [0.3, 0.4) is 0 Å². The molecule has 0 radical (unpaired) electrons. The average Bonchev–Trinajstić information content (AvgIpc) is 2.37. The van der Waals surface area contributed by atoms with E-state index in [1.54, 1.807) is 21.3 Å². The minimum absolute atomic E-state index is 0.349. The highest BCUT2D eigenvalue weighted by atomic mass is 28.4. The van der Waals surface area contributed by atoms with E-state index in [1.165, 1.54) is 0 Å². The van der Waals surface area contributed by atoms with Crippen LogP contribution in [0.4, 0.5) is 0 Å². The average molecular weight is 246 g/mol. The summed E-state index contributed by atoms with van der Waals surface area (Å²) in [7, 11) is 2.44. The van der Waals surface area contributed by atoms with Crippen molar-refractivity contribution in [3.05, 3.63) is 12.2 Å². The number of hydrogen-bond acceptors (Lipinski definition) is 4. The van der Waals surface area contributed by atoms with Gasteiger partial charge >= 0.3 is 8.80 Å². The Balaban J connectivity index is 2.24. The zero-order chi connectivity index (χ0) is 11.9. The molecule has 5 heteroatoms. The van der Waals surface area contributed by atoms with E-state index in [4.69, 9.17) is 18.0 Å². The highest BCUT2D eigenvalue weighted by Gasteiger charge is 2.37. The Hall–Kier alpha value is -0.203. The molecule has 0 bridgehead atoms. The van der Waals surface area contributed by atoms with Gasteiger partial charge in [0.15, 0.2) is 0 Å². The lowest BCUT2D eigenvalue weighted by Crippen LogP contribution is -2.44. The first-order valence-corrected chi connectivity index (χ1v) is 7.61. The highest BCUT2D eigenvalue weighted by Crippen LogP contribution is 2.17. The fourth-order valence-electron chi connectivity index (χ4n) is 1.82. The molecule has 0 amide bonds. The van der Waals surface area contributed by atoms with Crippen LogP contribution in [0.15, 0.2) is 12.2 Å². The van der Waals surface area contributed by atoms with Crippen molar-refractivity contribution in [3.63, 3.8) is 0 Å². The molecule has 0 aromatic carbocycles. The number of hydrogen-bond donors (Lipinski definition) is 0. The van der Waals surface area contributed by atoms with Crippen molar-refractivity contribution in [3.8, 4) is 0 Å². The third kappa shape index (κ3) is 3.99. The molecule has 0 fully saturated rings. The van der Waals surface area contributed by atoms with Crippen molar-refractivity contribution < 1.29 is 18.0 Å². The molecule has 0 aliphatic heterocycles. The SMILES string of the molecule is CO[Si](CCOC1CC=CCC1)(OC)OC. The van der Waals surface area contributed by atoms with Gasteiger partial charge in [-0.15, -0.1) is 0 Å². The molecule has 0 aromatic rings. The molecule has 0 saturated heterocycles. The smallest absolute Gasteiger partial charge is 0.378 e. The van der Waals surface area contributed by atoms with Crippen molar-refractivity contribution in [2.45, 2.75) is 31.4 Å².